The molecule has 1 N–H and O–H groups in total. The molecular weight excluding hydrogens is 295 g/mol. The number of aromatic nitrogens is 1. The van der Waals surface area contributed by atoms with Gasteiger partial charge in [0, 0.05) is 11.8 Å². The van der Waals surface area contributed by atoms with Gasteiger partial charge in [-0.15, -0.1) is 0 Å². The Balaban J connectivity index is 1.69. The lowest BCUT2D eigenvalue weighted by molar-refractivity contribution is -0.0593. The third-order valence-electron chi connectivity index (χ3n) is 3.44. The van der Waals surface area contributed by atoms with Gasteiger partial charge in [-0.3, -0.25) is 4.79 Å². The van der Waals surface area contributed by atoms with Gasteiger partial charge in [0.15, 0.2) is 0 Å². The van der Waals surface area contributed by atoms with Gasteiger partial charge in [0.05, 0.1) is 24.3 Å². The zero-order chi connectivity index (χ0) is 16.3. The van der Waals surface area contributed by atoms with Crippen LogP contribution in [0.15, 0.2) is 42.6 Å². The Hall–Kier alpha value is -2.71. The van der Waals surface area contributed by atoms with Crippen molar-refractivity contribution in [3.63, 3.8) is 0 Å². The Bertz CT molecular complexity index is 787. The monoisotopic (exact) mass is 310 g/mol. The molecule has 1 amide bonds. The van der Waals surface area contributed by atoms with E-state index in [-0.39, 0.29) is 17.3 Å². The number of benzene rings is 1. The second-order valence-corrected chi connectivity index (χ2v) is 5.70. The molecule has 4 nitrogen and oxygen atoms in total. The molecule has 5 heteroatoms. The van der Waals surface area contributed by atoms with Crippen molar-refractivity contribution in [1.82, 2.24) is 10.3 Å². The maximum absolute atomic E-state index is 13.1. The average Bonchev–Trinajstić information content (AvgIpc) is 2.52. The van der Waals surface area contributed by atoms with Gasteiger partial charge in [-0.25, -0.2) is 9.37 Å². The first kappa shape index (κ1) is 15.2. The number of halogens is 1. The summed E-state index contributed by atoms with van der Waals surface area (Å²) in [7, 11) is 0. The molecule has 0 bridgehead atoms. The van der Waals surface area contributed by atoms with Crippen LogP contribution in [0.1, 0.15) is 28.5 Å². The van der Waals surface area contributed by atoms with Crippen LogP contribution in [0.5, 0.6) is 0 Å². The predicted octanol–water partition coefficient (Wildman–Crippen LogP) is 2.14. The van der Waals surface area contributed by atoms with E-state index < -0.39 is 0 Å². The number of nitrogens with zero attached hydrogens (tertiary/aromatic N) is 1. The molecular formula is C18H15FN2O2. The Morgan fingerprint density at radius 3 is 2.74 bits per heavy atom. The van der Waals surface area contributed by atoms with Crippen LogP contribution in [-0.2, 0) is 4.74 Å². The van der Waals surface area contributed by atoms with E-state index in [0.29, 0.717) is 30.0 Å². The summed E-state index contributed by atoms with van der Waals surface area (Å²) >= 11 is 0. The van der Waals surface area contributed by atoms with Crippen molar-refractivity contribution in [2.45, 2.75) is 12.5 Å². The van der Waals surface area contributed by atoms with Crippen LogP contribution >= 0.6 is 0 Å². The standard InChI is InChI=1S/C18H15FN2O2/c1-18(11-23-12-18)21-17(22)14-6-8-16(20-10-14)7-5-13-3-2-4-15(19)9-13/h2-4,6,8-10H,11-12H2,1H3,(H,21,22). The quantitative estimate of drug-likeness (QED) is 0.865. The largest absolute Gasteiger partial charge is 0.376 e. The topological polar surface area (TPSA) is 51.2 Å². The number of hydrogen-bond donors (Lipinski definition) is 1. The molecule has 2 heterocycles. The maximum Gasteiger partial charge on any atom is 0.253 e. The first-order valence-corrected chi connectivity index (χ1v) is 7.18. The Morgan fingerprint density at radius 2 is 2.13 bits per heavy atom. The van der Waals surface area contributed by atoms with E-state index in [9.17, 15) is 9.18 Å². The van der Waals surface area contributed by atoms with Crippen molar-refractivity contribution in [3.05, 3.63) is 65.2 Å². The van der Waals surface area contributed by atoms with Crippen molar-refractivity contribution in [2.24, 2.45) is 0 Å². The molecule has 0 spiro atoms. The zero-order valence-electron chi connectivity index (χ0n) is 12.6. The Labute approximate surface area is 133 Å². The minimum Gasteiger partial charge on any atom is -0.376 e. The molecule has 0 aliphatic carbocycles. The first-order valence-electron chi connectivity index (χ1n) is 7.18. The Morgan fingerprint density at radius 1 is 1.30 bits per heavy atom. The van der Waals surface area contributed by atoms with Gasteiger partial charge in [0.25, 0.3) is 5.91 Å². The second-order valence-electron chi connectivity index (χ2n) is 5.70. The predicted molar refractivity (Wildman–Crippen MR) is 83.3 cm³/mol. The molecule has 3 rings (SSSR count). The number of carbonyl (C=O) groups excluding carboxylic acids is 1. The van der Waals surface area contributed by atoms with Gasteiger partial charge in [-0.1, -0.05) is 12.0 Å². The molecule has 2 aromatic rings. The van der Waals surface area contributed by atoms with E-state index in [2.05, 4.69) is 22.1 Å². The molecule has 23 heavy (non-hydrogen) atoms. The number of ether oxygens (including phenoxy) is 1. The average molecular weight is 310 g/mol. The van der Waals surface area contributed by atoms with Crippen molar-refractivity contribution in [2.75, 3.05) is 13.2 Å². The fourth-order valence-electron chi connectivity index (χ4n) is 2.13. The zero-order valence-corrected chi connectivity index (χ0v) is 12.6. The minimum absolute atomic E-state index is 0.187. The van der Waals surface area contributed by atoms with Gasteiger partial charge in [0.2, 0.25) is 0 Å². The molecule has 1 aliphatic heterocycles. The summed E-state index contributed by atoms with van der Waals surface area (Å²) in [5.74, 6) is 5.17. The van der Waals surface area contributed by atoms with Crippen LogP contribution in [0.4, 0.5) is 4.39 Å². The first-order chi connectivity index (χ1) is 11.0. The van der Waals surface area contributed by atoms with E-state index in [1.165, 1.54) is 18.3 Å². The number of carbonyl (C=O) groups is 1. The highest BCUT2D eigenvalue weighted by Gasteiger charge is 2.34. The highest BCUT2D eigenvalue weighted by Crippen LogP contribution is 2.16. The van der Waals surface area contributed by atoms with Crippen molar-refractivity contribution >= 4 is 5.91 Å². The van der Waals surface area contributed by atoms with Crippen LogP contribution in [0.3, 0.4) is 0 Å². The molecule has 1 aromatic carbocycles. The van der Waals surface area contributed by atoms with E-state index in [4.69, 9.17) is 4.74 Å². The molecule has 1 fully saturated rings. The summed E-state index contributed by atoms with van der Waals surface area (Å²) in [6.45, 7) is 2.97. The van der Waals surface area contributed by atoms with Gasteiger partial charge in [0.1, 0.15) is 11.5 Å². The lowest BCUT2D eigenvalue weighted by Crippen LogP contribution is -2.59. The van der Waals surface area contributed by atoms with E-state index in [1.54, 1.807) is 24.3 Å². The lowest BCUT2D eigenvalue weighted by atomic mass is 10.0. The highest BCUT2D eigenvalue weighted by atomic mass is 19.1. The molecule has 0 unspecified atom stereocenters. The van der Waals surface area contributed by atoms with E-state index in [1.807, 2.05) is 6.92 Å². The molecule has 0 radical (unpaired) electrons. The van der Waals surface area contributed by atoms with Crippen molar-refractivity contribution < 1.29 is 13.9 Å². The van der Waals surface area contributed by atoms with E-state index >= 15 is 0 Å². The summed E-state index contributed by atoms with van der Waals surface area (Å²) in [6, 6.07) is 9.38. The summed E-state index contributed by atoms with van der Waals surface area (Å²) in [4.78, 5) is 16.2. The number of pyridine rings is 1. The third kappa shape index (κ3) is 3.74. The third-order valence-corrected chi connectivity index (χ3v) is 3.44. The van der Waals surface area contributed by atoms with E-state index in [0.717, 1.165) is 0 Å². The lowest BCUT2D eigenvalue weighted by Gasteiger charge is -2.38. The molecule has 1 aliphatic rings. The molecule has 1 aromatic heterocycles. The summed E-state index contributed by atoms with van der Waals surface area (Å²) in [5, 5.41) is 2.91. The number of hydrogen-bond acceptors (Lipinski definition) is 3. The van der Waals surface area contributed by atoms with Gasteiger partial charge in [-0.2, -0.15) is 0 Å². The fourth-order valence-corrected chi connectivity index (χ4v) is 2.13. The molecule has 0 atom stereocenters. The highest BCUT2D eigenvalue weighted by molar-refractivity contribution is 5.94. The summed E-state index contributed by atoms with van der Waals surface area (Å²) < 4.78 is 18.2. The van der Waals surface area contributed by atoms with Crippen LogP contribution in [0, 0.1) is 17.7 Å². The fraction of sp³-hybridized carbons (Fsp3) is 0.222. The summed E-state index contributed by atoms with van der Waals surface area (Å²) in [6.07, 6.45) is 1.48. The normalized spacial score (nSPS) is 15.0. The maximum atomic E-state index is 13.1. The SMILES string of the molecule is CC1(NC(=O)c2ccc(C#Cc3cccc(F)c3)nc2)COC1. The van der Waals surface area contributed by atoms with Crippen molar-refractivity contribution in [3.8, 4) is 11.8 Å². The minimum atomic E-state index is -0.328. The molecule has 0 saturated carbocycles. The second kappa shape index (κ2) is 6.19. The van der Waals surface area contributed by atoms with Crippen LogP contribution in [-0.4, -0.2) is 29.6 Å². The number of rotatable bonds is 2. The van der Waals surface area contributed by atoms with Crippen LogP contribution < -0.4 is 5.32 Å². The molecule has 116 valence electrons. The van der Waals surface area contributed by atoms with Gasteiger partial charge >= 0.3 is 0 Å². The number of amides is 1. The molecule has 1 saturated heterocycles. The smallest absolute Gasteiger partial charge is 0.253 e. The van der Waals surface area contributed by atoms with Crippen LogP contribution in [0.25, 0.3) is 0 Å². The van der Waals surface area contributed by atoms with Crippen molar-refractivity contribution in [1.29, 1.82) is 0 Å². The number of nitrogens with one attached hydrogen (secondary N) is 1. The summed E-state index contributed by atoms with van der Waals surface area (Å²) in [5.41, 5.74) is 1.26. The van der Waals surface area contributed by atoms with Gasteiger partial charge in [-0.05, 0) is 43.2 Å². The van der Waals surface area contributed by atoms with Crippen LogP contribution in [0.2, 0.25) is 0 Å². The van der Waals surface area contributed by atoms with Gasteiger partial charge < -0.3 is 10.1 Å². The Kier molecular flexibility index (Phi) is 4.09.